The van der Waals surface area contributed by atoms with E-state index in [0.29, 0.717) is 62.6 Å². The van der Waals surface area contributed by atoms with Gasteiger partial charge in [0, 0.05) is 55.1 Å². The molecule has 0 unspecified atom stereocenters. The highest BCUT2D eigenvalue weighted by atomic mass is 16.6. The Bertz CT molecular complexity index is 1880. The number of aliphatic carboxylic acids is 1. The Kier molecular flexibility index (Phi) is 10.8. The number of nitrogens with one attached hydrogen (secondary N) is 2. The number of nitrogens with zero attached hydrogens (tertiary/aromatic N) is 3. The van der Waals surface area contributed by atoms with E-state index in [-0.39, 0.29) is 38.0 Å². The van der Waals surface area contributed by atoms with Crippen LogP contribution in [0.3, 0.4) is 0 Å². The SMILES string of the molecule is CN(C)CCOc1ccc2[nH]c(C(=O)N3CCc4c3cc(OC(=O)NCCOCCC(=O)N3CCC(C(=O)O)CC3)c3ccccc43)cc2c1. The van der Waals surface area contributed by atoms with Gasteiger partial charge in [-0.3, -0.25) is 14.4 Å². The summed E-state index contributed by atoms with van der Waals surface area (Å²) in [5, 5.41) is 14.4. The number of carboxylic acid groups (broad SMARTS) is 1. The van der Waals surface area contributed by atoms with Crippen molar-refractivity contribution in [1.29, 1.82) is 0 Å². The first-order chi connectivity index (χ1) is 24.2. The van der Waals surface area contributed by atoms with Crippen LogP contribution in [0.25, 0.3) is 21.7 Å². The predicted molar refractivity (Wildman–Crippen MR) is 188 cm³/mol. The van der Waals surface area contributed by atoms with E-state index in [2.05, 4.69) is 15.2 Å². The molecule has 0 radical (unpaired) electrons. The number of carbonyl (C=O) groups excluding carboxylic acids is 3. The molecule has 6 rings (SSSR count). The second kappa shape index (κ2) is 15.6. The maximum absolute atomic E-state index is 13.9. The van der Waals surface area contributed by atoms with Crippen LogP contribution in [-0.4, -0.2) is 110 Å². The molecule has 0 aliphatic carbocycles. The van der Waals surface area contributed by atoms with E-state index >= 15 is 0 Å². The maximum atomic E-state index is 13.9. The molecule has 3 N–H and O–H groups in total. The van der Waals surface area contributed by atoms with E-state index in [4.69, 9.17) is 19.3 Å². The fraction of sp³-hybridized carbons (Fsp3) is 0.405. The highest BCUT2D eigenvalue weighted by Gasteiger charge is 2.30. The van der Waals surface area contributed by atoms with Crippen LogP contribution >= 0.6 is 0 Å². The number of likely N-dealkylation sites (tertiary alicyclic amines) is 1. The molecule has 2 aliphatic rings. The van der Waals surface area contributed by atoms with Crippen LogP contribution in [0.5, 0.6) is 11.5 Å². The van der Waals surface area contributed by atoms with Crippen LogP contribution in [0.15, 0.2) is 54.6 Å². The van der Waals surface area contributed by atoms with Crippen molar-refractivity contribution >= 4 is 51.2 Å². The number of fused-ring (bicyclic) bond motifs is 4. The lowest BCUT2D eigenvalue weighted by atomic mass is 9.97. The summed E-state index contributed by atoms with van der Waals surface area (Å²) in [6, 6.07) is 17.0. The van der Waals surface area contributed by atoms with Gasteiger partial charge in [0.05, 0.1) is 31.2 Å². The molecule has 1 fully saturated rings. The van der Waals surface area contributed by atoms with Gasteiger partial charge in [0.2, 0.25) is 5.91 Å². The lowest BCUT2D eigenvalue weighted by Gasteiger charge is -2.30. The number of rotatable bonds is 13. The van der Waals surface area contributed by atoms with Gasteiger partial charge in [-0.2, -0.15) is 0 Å². The molecule has 3 aromatic carbocycles. The number of ether oxygens (including phenoxy) is 3. The minimum Gasteiger partial charge on any atom is -0.492 e. The first-order valence-electron chi connectivity index (χ1n) is 17.0. The van der Waals surface area contributed by atoms with E-state index in [9.17, 15) is 19.2 Å². The third kappa shape index (κ3) is 8.01. The second-order valence-corrected chi connectivity index (χ2v) is 12.9. The van der Waals surface area contributed by atoms with Crippen molar-refractivity contribution in [3.05, 3.63) is 65.9 Å². The van der Waals surface area contributed by atoms with Gasteiger partial charge in [-0.25, -0.2) is 4.79 Å². The summed E-state index contributed by atoms with van der Waals surface area (Å²) in [5.74, 6) is -0.380. The first-order valence-corrected chi connectivity index (χ1v) is 17.0. The van der Waals surface area contributed by atoms with Crippen molar-refractivity contribution < 1.29 is 38.5 Å². The van der Waals surface area contributed by atoms with Crippen LogP contribution < -0.4 is 19.7 Å². The van der Waals surface area contributed by atoms with E-state index in [1.165, 1.54) is 0 Å². The van der Waals surface area contributed by atoms with Gasteiger partial charge in [0.1, 0.15) is 23.8 Å². The Hall–Kier alpha value is -5.14. The largest absolute Gasteiger partial charge is 0.492 e. The zero-order valence-electron chi connectivity index (χ0n) is 28.4. The lowest BCUT2D eigenvalue weighted by molar-refractivity contribution is -0.146. The molecular formula is C37H43N5O8. The molecule has 0 bridgehead atoms. The van der Waals surface area contributed by atoms with Crippen LogP contribution in [0.2, 0.25) is 0 Å². The number of aromatic nitrogens is 1. The molecule has 13 nitrogen and oxygen atoms in total. The lowest BCUT2D eigenvalue weighted by Crippen LogP contribution is -2.40. The van der Waals surface area contributed by atoms with Crippen molar-refractivity contribution in [2.75, 3.05) is 71.5 Å². The van der Waals surface area contributed by atoms with E-state index in [1.807, 2.05) is 62.6 Å². The molecule has 0 atom stereocenters. The average Bonchev–Trinajstić information content (AvgIpc) is 3.74. The number of hydrogen-bond acceptors (Lipinski definition) is 8. The van der Waals surface area contributed by atoms with Gasteiger partial charge < -0.3 is 44.3 Å². The Morgan fingerprint density at radius 2 is 1.74 bits per heavy atom. The van der Waals surface area contributed by atoms with E-state index < -0.39 is 18.0 Å². The minimum atomic E-state index is -0.814. The molecular weight excluding hydrogens is 642 g/mol. The summed E-state index contributed by atoms with van der Waals surface area (Å²) in [7, 11) is 3.98. The van der Waals surface area contributed by atoms with Crippen molar-refractivity contribution in [3.63, 3.8) is 0 Å². The Labute approximate surface area is 290 Å². The number of H-pyrrole nitrogens is 1. The summed E-state index contributed by atoms with van der Waals surface area (Å²) < 4.78 is 17.2. The standard InChI is InChI=1S/C37H43N5O8/c1-40(2)17-20-49-26-7-8-30-25(21-26)22-31(39-30)35(44)42-16-11-28-27-5-3-4-6-29(27)33(23-32(28)42)50-37(47)38-13-19-48-18-12-34(43)41-14-9-24(10-15-41)36(45)46/h3-8,21-24,39H,9-20H2,1-2H3,(H,38,47)(H,45,46). The average molecular weight is 686 g/mol. The van der Waals surface area contributed by atoms with Gasteiger partial charge in [-0.05, 0) is 68.6 Å². The van der Waals surface area contributed by atoms with Crippen molar-refractivity contribution in [3.8, 4) is 11.5 Å². The summed E-state index contributed by atoms with van der Waals surface area (Å²) in [6.45, 7) is 3.26. The number of piperidine rings is 1. The van der Waals surface area contributed by atoms with Crippen LogP contribution in [0.4, 0.5) is 10.5 Å². The number of aromatic amines is 1. The zero-order chi connectivity index (χ0) is 35.2. The zero-order valence-corrected chi connectivity index (χ0v) is 28.4. The highest BCUT2D eigenvalue weighted by Crippen LogP contribution is 2.41. The second-order valence-electron chi connectivity index (χ2n) is 12.9. The predicted octanol–water partition coefficient (Wildman–Crippen LogP) is 4.28. The van der Waals surface area contributed by atoms with Crippen molar-refractivity contribution in [1.82, 2.24) is 20.1 Å². The Morgan fingerprint density at radius 3 is 2.50 bits per heavy atom. The van der Waals surface area contributed by atoms with Crippen LogP contribution in [0, 0.1) is 5.92 Å². The molecule has 3 amide bonds. The fourth-order valence-corrected chi connectivity index (χ4v) is 6.50. The van der Waals surface area contributed by atoms with Crippen molar-refractivity contribution in [2.24, 2.45) is 5.92 Å². The molecule has 264 valence electrons. The summed E-state index contributed by atoms with van der Waals surface area (Å²) in [4.78, 5) is 59.0. The number of carboxylic acids is 1. The normalized spacial score (nSPS) is 14.7. The number of hydrogen-bond donors (Lipinski definition) is 3. The maximum Gasteiger partial charge on any atom is 0.412 e. The molecule has 0 saturated carbocycles. The number of amides is 3. The summed E-state index contributed by atoms with van der Waals surface area (Å²) in [6.07, 6.45) is 1.11. The summed E-state index contributed by atoms with van der Waals surface area (Å²) in [5.41, 5.74) is 3.00. The number of likely N-dealkylation sites (N-methyl/N-ethyl adjacent to an activating group) is 1. The topological polar surface area (TPSA) is 154 Å². The van der Waals surface area contributed by atoms with Gasteiger partial charge in [0.15, 0.2) is 0 Å². The van der Waals surface area contributed by atoms with Gasteiger partial charge in [0.25, 0.3) is 5.91 Å². The number of carbonyl (C=O) groups is 4. The third-order valence-corrected chi connectivity index (χ3v) is 9.22. The van der Waals surface area contributed by atoms with Gasteiger partial charge in [-0.1, -0.05) is 24.3 Å². The minimum absolute atomic E-state index is 0.0725. The quantitative estimate of drug-likeness (QED) is 0.175. The molecule has 3 heterocycles. The van der Waals surface area contributed by atoms with Gasteiger partial charge >= 0.3 is 12.1 Å². The molecule has 4 aromatic rings. The van der Waals surface area contributed by atoms with E-state index in [1.54, 1.807) is 15.9 Å². The Balaban J connectivity index is 1.05. The molecule has 1 saturated heterocycles. The molecule has 2 aliphatic heterocycles. The molecule has 1 aromatic heterocycles. The fourth-order valence-electron chi connectivity index (χ4n) is 6.50. The van der Waals surface area contributed by atoms with Gasteiger partial charge in [-0.15, -0.1) is 0 Å². The monoisotopic (exact) mass is 685 g/mol. The molecule has 50 heavy (non-hydrogen) atoms. The third-order valence-electron chi connectivity index (χ3n) is 9.22. The highest BCUT2D eigenvalue weighted by molar-refractivity contribution is 6.11. The van der Waals surface area contributed by atoms with Crippen molar-refractivity contribution in [2.45, 2.75) is 25.7 Å². The Morgan fingerprint density at radius 1 is 0.960 bits per heavy atom. The number of anilines is 1. The molecule has 0 spiro atoms. The van der Waals surface area contributed by atoms with Crippen LogP contribution in [-0.2, 0) is 20.7 Å². The smallest absolute Gasteiger partial charge is 0.412 e. The summed E-state index contributed by atoms with van der Waals surface area (Å²) >= 11 is 0. The van der Waals surface area contributed by atoms with E-state index in [0.717, 1.165) is 39.5 Å². The first kappa shape index (κ1) is 34.7. The van der Waals surface area contributed by atoms with Crippen LogP contribution in [0.1, 0.15) is 35.3 Å². The number of benzene rings is 3. The molecule has 13 heteroatoms.